The number of fused-ring (bicyclic) bond motifs is 4. The number of hydrogen-bond donors (Lipinski definition) is 3. The Morgan fingerprint density at radius 2 is 1.74 bits per heavy atom. The second kappa shape index (κ2) is 13.0. The second-order valence-electron chi connectivity index (χ2n) is 12.5. The minimum absolute atomic E-state index is 0.0597. The Morgan fingerprint density at radius 1 is 0.977 bits per heavy atom. The zero-order chi connectivity index (χ0) is 29.9. The van der Waals surface area contributed by atoms with E-state index in [4.69, 9.17) is 4.74 Å². The molecule has 9 nitrogen and oxygen atoms in total. The van der Waals surface area contributed by atoms with Crippen LogP contribution in [0.15, 0.2) is 48.5 Å². The topological polar surface area (TPSA) is 103 Å². The average Bonchev–Trinajstić information content (AvgIpc) is 3.41. The lowest BCUT2D eigenvalue weighted by molar-refractivity contribution is -0.146. The second-order valence-corrected chi connectivity index (χ2v) is 12.5. The lowest BCUT2D eigenvalue weighted by Gasteiger charge is -2.46. The molecule has 4 aliphatic rings. The van der Waals surface area contributed by atoms with Crippen LogP contribution in [0.1, 0.15) is 69.0 Å². The number of rotatable bonds is 8. The van der Waals surface area contributed by atoms with E-state index in [0.717, 1.165) is 55.5 Å². The van der Waals surface area contributed by atoms with Gasteiger partial charge < -0.3 is 30.5 Å². The van der Waals surface area contributed by atoms with Gasteiger partial charge in [0.2, 0.25) is 17.7 Å². The Balaban J connectivity index is 1.30. The van der Waals surface area contributed by atoms with Crippen molar-refractivity contribution in [2.45, 2.75) is 88.5 Å². The Kier molecular flexibility index (Phi) is 8.88. The number of nitrogens with zero attached hydrogens (tertiary/aromatic N) is 2. The molecule has 6 rings (SSSR count). The molecule has 2 aromatic rings. The largest absolute Gasteiger partial charge is 0.493 e. The summed E-state index contributed by atoms with van der Waals surface area (Å²) in [5.74, 6) is 0.409. The van der Waals surface area contributed by atoms with Crippen molar-refractivity contribution in [2.24, 2.45) is 5.92 Å². The predicted molar refractivity (Wildman–Crippen MR) is 166 cm³/mol. The molecule has 9 heteroatoms. The van der Waals surface area contributed by atoms with Crippen LogP contribution < -0.4 is 25.6 Å². The fourth-order valence-electron chi connectivity index (χ4n) is 7.60. The monoisotopic (exact) mass is 587 g/mol. The maximum atomic E-state index is 14.7. The van der Waals surface area contributed by atoms with Gasteiger partial charge in [0.25, 0.3) is 0 Å². The van der Waals surface area contributed by atoms with Crippen molar-refractivity contribution in [1.82, 2.24) is 20.9 Å². The van der Waals surface area contributed by atoms with E-state index in [1.807, 2.05) is 43.3 Å². The van der Waals surface area contributed by atoms with E-state index in [-0.39, 0.29) is 41.8 Å². The summed E-state index contributed by atoms with van der Waals surface area (Å²) >= 11 is 0. The summed E-state index contributed by atoms with van der Waals surface area (Å²) in [6.07, 6.45) is 7.18. The maximum absolute atomic E-state index is 14.7. The van der Waals surface area contributed by atoms with Crippen LogP contribution >= 0.6 is 0 Å². The first kappa shape index (κ1) is 29.5. The molecule has 2 unspecified atom stereocenters. The van der Waals surface area contributed by atoms with Gasteiger partial charge in [0.1, 0.15) is 17.8 Å². The molecular weight excluding hydrogens is 542 g/mol. The Bertz CT molecular complexity index is 1320. The fraction of sp³-hybridized carbons (Fsp3) is 0.559. The Labute approximate surface area is 254 Å². The van der Waals surface area contributed by atoms with Crippen molar-refractivity contribution in [1.29, 1.82) is 0 Å². The van der Waals surface area contributed by atoms with Crippen LogP contribution in [0, 0.1) is 5.92 Å². The quantitative estimate of drug-likeness (QED) is 0.438. The lowest BCUT2D eigenvalue weighted by atomic mass is 9.82. The fourth-order valence-corrected chi connectivity index (χ4v) is 7.60. The molecule has 5 atom stereocenters. The summed E-state index contributed by atoms with van der Waals surface area (Å²) in [5.41, 5.74) is 3.35. The van der Waals surface area contributed by atoms with Gasteiger partial charge in [0.15, 0.2) is 0 Å². The van der Waals surface area contributed by atoms with Crippen LogP contribution in [0.5, 0.6) is 5.75 Å². The van der Waals surface area contributed by atoms with Gasteiger partial charge in [-0.2, -0.15) is 0 Å². The van der Waals surface area contributed by atoms with E-state index in [9.17, 15) is 14.4 Å². The third kappa shape index (κ3) is 5.96. The minimum atomic E-state index is -0.681. The first-order chi connectivity index (χ1) is 21.0. The standard InChI is InChI=1S/C34H45N5O4/c1-3-26(35-2)32(40)37-31(22-11-5-4-6-12-22)34(42)39-20-24-19-23-13-7-9-15-28(23)38(24)21-29(39)33(41)36-27-17-18-43-30-16-10-8-14-25(27)30/h7-10,13-16,22,24,26-27,29,31,35H,3-6,11-12,17-21H2,1-2H3,(H,36,41)(H,37,40)/t24?,26-,27+,29-,31?/m0/s1. The number of piperazine rings is 1. The van der Waals surface area contributed by atoms with Gasteiger partial charge in [0.05, 0.1) is 24.7 Å². The van der Waals surface area contributed by atoms with Crippen LogP contribution in [0.4, 0.5) is 5.69 Å². The summed E-state index contributed by atoms with van der Waals surface area (Å²) in [6.45, 7) is 3.35. The molecule has 1 saturated heterocycles. The van der Waals surface area contributed by atoms with Gasteiger partial charge >= 0.3 is 0 Å². The van der Waals surface area contributed by atoms with Gasteiger partial charge in [-0.15, -0.1) is 0 Å². The number of carbonyl (C=O) groups is 3. The summed E-state index contributed by atoms with van der Waals surface area (Å²) in [5, 5.41) is 9.54. The van der Waals surface area contributed by atoms with Gasteiger partial charge in [-0.25, -0.2) is 0 Å². The van der Waals surface area contributed by atoms with Crippen molar-refractivity contribution in [3.05, 3.63) is 59.7 Å². The number of para-hydroxylation sites is 2. The van der Waals surface area contributed by atoms with Gasteiger partial charge in [0, 0.05) is 30.8 Å². The first-order valence-corrected chi connectivity index (χ1v) is 16.1. The van der Waals surface area contributed by atoms with E-state index in [2.05, 4.69) is 33.0 Å². The molecule has 2 aromatic carbocycles. The molecule has 2 fully saturated rings. The molecule has 3 heterocycles. The van der Waals surface area contributed by atoms with E-state index >= 15 is 0 Å². The number of ether oxygens (including phenoxy) is 1. The third-order valence-electron chi connectivity index (χ3n) is 9.97. The summed E-state index contributed by atoms with van der Waals surface area (Å²) < 4.78 is 5.84. The van der Waals surface area contributed by atoms with E-state index in [1.54, 1.807) is 11.9 Å². The van der Waals surface area contributed by atoms with Crippen molar-refractivity contribution in [3.8, 4) is 5.75 Å². The SMILES string of the molecule is CC[C@H](NC)C(=O)NC(C(=O)N1CC2Cc3ccccc3N2C[C@H]1C(=O)N[C@@H]1CCOc2ccccc21)C1CCCCC1. The number of nitrogens with one attached hydrogen (secondary N) is 3. The lowest BCUT2D eigenvalue weighted by Crippen LogP contribution is -2.67. The van der Waals surface area contributed by atoms with Crippen LogP contribution in [-0.2, 0) is 20.8 Å². The van der Waals surface area contributed by atoms with Gasteiger partial charge in [-0.3, -0.25) is 14.4 Å². The number of amides is 3. The molecule has 3 N–H and O–H groups in total. The Morgan fingerprint density at radius 3 is 2.53 bits per heavy atom. The molecule has 0 spiro atoms. The molecule has 1 saturated carbocycles. The number of hydrogen-bond acceptors (Lipinski definition) is 6. The van der Waals surface area contributed by atoms with Crippen molar-refractivity contribution < 1.29 is 19.1 Å². The molecule has 0 bridgehead atoms. The molecule has 230 valence electrons. The molecule has 0 radical (unpaired) electrons. The van der Waals surface area contributed by atoms with Crippen LogP contribution in [0.25, 0.3) is 0 Å². The zero-order valence-corrected chi connectivity index (χ0v) is 25.4. The van der Waals surface area contributed by atoms with Crippen LogP contribution in [-0.4, -0.2) is 73.5 Å². The normalized spacial score (nSPS) is 24.6. The zero-order valence-electron chi connectivity index (χ0n) is 25.4. The summed E-state index contributed by atoms with van der Waals surface area (Å²) in [6, 6.07) is 14.4. The predicted octanol–water partition coefficient (Wildman–Crippen LogP) is 3.33. The maximum Gasteiger partial charge on any atom is 0.246 e. The van der Waals surface area contributed by atoms with Crippen molar-refractivity contribution in [3.63, 3.8) is 0 Å². The van der Waals surface area contributed by atoms with E-state index in [0.29, 0.717) is 32.5 Å². The van der Waals surface area contributed by atoms with Gasteiger partial charge in [-0.1, -0.05) is 62.6 Å². The number of anilines is 1. The number of benzene rings is 2. The molecular formula is C34H45N5O4. The first-order valence-electron chi connectivity index (χ1n) is 16.1. The highest BCUT2D eigenvalue weighted by atomic mass is 16.5. The molecule has 1 aliphatic carbocycles. The summed E-state index contributed by atoms with van der Waals surface area (Å²) in [7, 11) is 1.77. The van der Waals surface area contributed by atoms with Crippen molar-refractivity contribution in [2.75, 3.05) is 31.6 Å². The highest BCUT2D eigenvalue weighted by Gasteiger charge is 2.46. The van der Waals surface area contributed by atoms with E-state index in [1.165, 1.54) is 5.56 Å². The minimum Gasteiger partial charge on any atom is -0.493 e. The number of likely N-dealkylation sites (N-methyl/N-ethyl adjacent to an activating group) is 1. The molecule has 3 amide bonds. The highest BCUT2D eigenvalue weighted by Crippen LogP contribution is 2.37. The summed E-state index contributed by atoms with van der Waals surface area (Å²) in [4.78, 5) is 46.4. The smallest absolute Gasteiger partial charge is 0.246 e. The molecule has 0 aromatic heterocycles. The number of carbonyl (C=O) groups excluding carboxylic acids is 3. The van der Waals surface area contributed by atoms with Crippen LogP contribution in [0.2, 0.25) is 0 Å². The van der Waals surface area contributed by atoms with Gasteiger partial charge in [-0.05, 0) is 56.3 Å². The molecule has 3 aliphatic heterocycles. The average molecular weight is 588 g/mol. The van der Waals surface area contributed by atoms with Crippen LogP contribution in [0.3, 0.4) is 0 Å². The highest BCUT2D eigenvalue weighted by molar-refractivity contribution is 5.94. The van der Waals surface area contributed by atoms with Crippen molar-refractivity contribution >= 4 is 23.4 Å². The Hall–Kier alpha value is -3.59. The molecule has 43 heavy (non-hydrogen) atoms. The van der Waals surface area contributed by atoms with E-state index < -0.39 is 12.1 Å². The third-order valence-corrected chi connectivity index (χ3v) is 9.97.